The summed E-state index contributed by atoms with van der Waals surface area (Å²) >= 11 is 6.88. The monoisotopic (exact) mass is 340 g/mol. The third kappa shape index (κ3) is 2.94. The van der Waals surface area contributed by atoms with Gasteiger partial charge in [0.05, 0.1) is 20.8 Å². The summed E-state index contributed by atoms with van der Waals surface area (Å²) in [4.78, 5) is 13.8. The van der Waals surface area contributed by atoms with Gasteiger partial charge in [-0.25, -0.2) is 8.42 Å². The van der Waals surface area contributed by atoms with Crippen molar-refractivity contribution in [2.24, 2.45) is 0 Å². The van der Waals surface area contributed by atoms with Gasteiger partial charge in [0.2, 0.25) is 0 Å². The Morgan fingerprint density at radius 2 is 1.95 bits per heavy atom. The summed E-state index contributed by atoms with van der Waals surface area (Å²) in [5.41, 5.74) is 0.966. The lowest BCUT2D eigenvalue weighted by Gasteiger charge is -2.08. The van der Waals surface area contributed by atoms with Crippen LogP contribution >= 0.6 is 22.9 Å². The van der Waals surface area contributed by atoms with E-state index in [4.69, 9.17) is 11.6 Å². The summed E-state index contributed by atoms with van der Waals surface area (Å²) in [6, 6.07) is 10.9. The number of anilines is 1. The summed E-state index contributed by atoms with van der Waals surface area (Å²) in [7, 11) is -3.72. The van der Waals surface area contributed by atoms with Gasteiger partial charge in [-0.1, -0.05) is 29.0 Å². The zero-order chi connectivity index (χ0) is 15.0. The Hall–Kier alpha value is -1.83. The molecule has 1 aromatic heterocycles. The van der Waals surface area contributed by atoms with Gasteiger partial charge in [0.15, 0.2) is 0 Å². The highest BCUT2D eigenvalue weighted by Crippen LogP contribution is 2.23. The van der Waals surface area contributed by atoms with Gasteiger partial charge in [0, 0.05) is 5.02 Å². The van der Waals surface area contributed by atoms with Crippen LogP contribution < -0.4 is 9.60 Å². The van der Waals surface area contributed by atoms with E-state index in [-0.39, 0.29) is 9.77 Å². The van der Waals surface area contributed by atoms with Crippen LogP contribution in [0.1, 0.15) is 0 Å². The number of hydrogen-bond acceptors (Lipinski definition) is 4. The smallest absolute Gasteiger partial charge is 0.305 e. The fraction of sp³-hybridized carbons (Fsp3) is 0. The van der Waals surface area contributed by atoms with E-state index in [0.717, 1.165) is 16.0 Å². The molecule has 1 heterocycles. The Balaban J connectivity index is 1.98. The van der Waals surface area contributed by atoms with Crippen molar-refractivity contribution in [2.45, 2.75) is 4.90 Å². The topological polar surface area (TPSA) is 79.0 Å². The lowest BCUT2D eigenvalue weighted by Crippen LogP contribution is -2.12. The number of benzene rings is 2. The number of rotatable bonds is 3. The van der Waals surface area contributed by atoms with E-state index in [1.54, 1.807) is 30.3 Å². The molecule has 0 bridgehead atoms. The van der Waals surface area contributed by atoms with E-state index >= 15 is 0 Å². The molecule has 0 aliphatic carbocycles. The van der Waals surface area contributed by atoms with E-state index in [9.17, 15) is 13.2 Å². The number of hydrogen-bond donors (Lipinski definition) is 2. The molecule has 5 nitrogen and oxygen atoms in total. The van der Waals surface area contributed by atoms with Crippen molar-refractivity contribution >= 4 is 48.9 Å². The highest BCUT2D eigenvalue weighted by Gasteiger charge is 2.14. The molecule has 2 aromatic carbocycles. The average Bonchev–Trinajstić information content (AvgIpc) is 2.77. The molecule has 0 unspecified atom stereocenters. The molecule has 21 heavy (non-hydrogen) atoms. The number of sulfonamides is 1. The zero-order valence-electron chi connectivity index (χ0n) is 10.5. The minimum atomic E-state index is -3.72. The first-order chi connectivity index (χ1) is 9.94. The molecule has 3 rings (SSSR count). The second-order valence-corrected chi connectivity index (χ2v) is 7.42. The van der Waals surface area contributed by atoms with E-state index in [2.05, 4.69) is 9.71 Å². The summed E-state index contributed by atoms with van der Waals surface area (Å²) in [5.74, 6) is 0. The lowest BCUT2D eigenvalue weighted by atomic mass is 10.3. The van der Waals surface area contributed by atoms with Crippen LogP contribution in [-0.2, 0) is 10.0 Å². The molecule has 3 aromatic rings. The maximum Gasteiger partial charge on any atom is 0.305 e. The van der Waals surface area contributed by atoms with Gasteiger partial charge in [0.25, 0.3) is 10.0 Å². The molecule has 2 N–H and O–H groups in total. The summed E-state index contributed by atoms with van der Waals surface area (Å²) in [6.07, 6.45) is 0. The highest BCUT2D eigenvalue weighted by atomic mass is 35.5. The number of halogens is 1. The predicted octanol–water partition coefficient (Wildman–Crippen LogP) is 3.04. The van der Waals surface area contributed by atoms with Crippen molar-refractivity contribution in [1.82, 2.24) is 4.98 Å². The fourth-order valence-electron chi connectivity index (χ4n) is 1.86. The molecule has 8 heteroatoms. The second-order valence-electron chi connectivity index (χ2n) is 4.29. The zero-order valence-corrected chi connectivity index (χ0v) is 12.8. The average molecular weight is 341 g/mol. The molecular formula is C13H9ClN2O3S2. The maximum absolute atomic E-state index is 12.3. The van der Waals surface area contributed by atoms with E-state index in [1.165, 1.54) is 12.1 Å². The van der Waals surface area contributed by atoms with Crippen LogP contribution in [0, 0.1) is 0 Å². The van der Waals surface area contributed by atoms with Crippen molar-refractivity contribution in [3.63, 3.8) is 0 Å². The minimum absolute atomic E-state index is 0.0777. The molecule has 0 amide bonds. The first kappa shape index (κ1) is 14.1. The minimum Gasteiger partial charge on any atom is -0.312 e. The van der Waals surface area contributed by atoms with E-state index < -0.39 is 10.0 Å². The lowest BCUT2D eigenvalue weighted by molar-refractivity contribution is 0.601. The summed E-state index contributed by atoms with van der Waals surface area (Å²) in [5, 5.41) is 0.343. The molecule has 0 spiro atoms. The van der Waals surface area contributed by atoms with Crippen LogP contribution in [0.2, 0.25) is 5.02 Å². The van der Waals surface area contributed by atoms with E-state index in [0.29, 0.717) is 16.2 Å². The number of thiazole rings is 1. The Morgan fingerprint density at radius 1 is 1.14 bits per heavy atom. The fourth-order valence-corrected chi connectivity index (χ4v) is 3.93. The number of aromatic nitrogens is 1. The van der Waals surface area contributed by atoms with Crippen LogP contribution in [0.5, 0.6) is 0 Å². The second kappa shape index (κ2) is 5.18. The molecule has 0 aliphatic heterocycles. The van der Waals surface area contributed by atoms with Crippen molar-refractivity contribution in [3.8, 4) is 0 Å². The van der Waals surface area contributed by atoms with Crippen LogP contribution in [0.15, 0.2) is 52.2 Å². The van der Waals surface area contributed by atoms with E-state index in [1.807, 2.05) is 0 Å². The Morgan fingerprint density at radius 3 is 2.71 bits per heavy atom. The molecule has 108 valence electrons. The first-order valence-electron chi connectivity index (χ1n) is 5.85. The molecule has 0 aliphatic rings. The third-order valence-corrected chi connectivity index (χ3v) is 5.25. The predicted molar refractivity (Wildman–Crippen MR) is 84.7 cm³/mol. The Bertz CT molecular complexity index is 976. The first-order valence-corrected chi connectivity index (χ1v) is 8.53. The van der Waals surface area contributed by atoms with Crippen molar-refractivity contribution in [2.75, 3.05) is 4.72 Å². The van der Waals surface area contributed by atoms with Gasteiger partial charge < -0.3 is 4.98 Å². The molecule has 0 saturated heterocycles. The van der Waals surface area contributed by atoms with Gasteiger partial charge in [-0.05, 0) is 36.4 Å². The number of nitrogens with one attached hydrogen (secondary N) is 2. The van der Waals surface area contributed by atoms with Crippen molar-refractivity contribution in [3.05, 3.63) is 57.2 Å². The normalized spacial score (nSPS) is 11.7. The molecule has 0 fully saturated rings. The Kier molecular flexibility index (Phi) is 3.48. The van der Waals surface area contributed by atoms with Crippen molar-refractivity contribution in [1.29, 1.82) is 0 Å². The highest BCUT2D eigenvalue weighted by molar-refractivity contribution is 7.92. The van der Waals surface area contributed by atoms with Crippen LogP contribution in [-0.4, -0.2) is 13.4 Å². The standard InChI is InChI=1S/C13H9ClN2O3S2/c14-8-2-1-3-10(6-8)21(18,19)16-9-4-5-12-11(7-9)15-13(17)20-12/h1-7,16H,(H,15,17). The summed E-state index contributed by atoms with van der Waals surface area (Å²) in [6.45, 7) is 0. The number of aromatic amines is 1. The van der Waals surface area contributed by atoms with Crippen LogP contribution in [0.4, 0.5) is 5.69 Å². The molecule has 0 saturated carbocycles. The van der Waals surface area contributed by atoms with Gasteiger partial charge in [-0.3, -0.25) is 9.52 Å². The van der Waals surface area contributed by atoms with Gasteiger partial charge in [-0.2, -0.15) is 0 Å². The van der Waals surface area contributed by atoms with Crippen molar-refractivity contribution < 1.29 is 8.42 Å². The Labute approximate surface area is 129 Å². The van der Waals surface area contributed by atoms with Gasteiger partial charge in [0.1, 0.15) is 0 Å². The van der Waals surface area contributed by atoms with Crippen LogP contribution in [0.25, 0.3) is 10.2 Å². The molecular weight excluding hydrogens is 332 g/mol. The molecule has 0 atom stereocenters. The quantitative estimate of drug-likeness (QED) is 0.769. The number of fused-ring (bicyclic) bond motifs is 1. The summed E-state index contributed by atoms with van der Waals surface area (Å²) < 4.78 is 27.7. The largest absolute Gasteiger partial charge is 0.312 e. The number of H-pyrrole nitrogens is 1. The van der Waals surface area contributed by atoms with Gasteiger partial charge in [-0.15, -0.1) is 0 Å². The third-order valence-electron chi connectivity index (χ3n) is 2.78. The maximum atomic E-state index is 12.3. The van der Waals surface area contributed by atoms with Crippen LogP contribution in [0.3, 0.4) is 0 Å². The van der Waals surface area contributed by atoms with Gasteiger partial charge >= 0.3 is 4.87 Å². The molecule has 0 radical (unpaired) electrons. The SMILES string of the molecule is O=c1[nH]c2cc(NS(=O)(=O)c3cccc(Cl)c3)ccc2s1.